The quantitative estimate of drug-likeness (QED) is 0.753. The molecule has 3 nitrogen and oxygen atoms in total. The van der Waals surface area contributed by atoms with Crippen LogP contribution in [0.2, 0.25) is 0 Å². The standard InChI is InChI=1S/C13H24N2O/c1-10-5-3-8-13(14,9-10)11(16)15-12(2)6-4-7-12/h10H,3-9,14H2,1-2H3,(H,15,16). The molecule has 2 atom stereocenters. The first-order valence-electron chi connectivity index (χ1n) is 6.55. The van der Waals surface area contributed by atoms with Gasteiger partial charge in [-0.05, 0) is 44.9 Å². The van der Waals surface area contributed by atoms with Gasteiger partial charge in [0.1, 0.15) is 0 Å². The van der Waals surface area contributed by atoms with Gasteiger partial charge in [0.2, 0.25) is 5.91 Å². The van der Waals surface area contributed by atoms with E-state index < -0.39 is 5.54 Å². The summed E-state index contributed by atoms with van der Waals surface area (Å²) >= 11 is 0. The monoisotopic (exact) mass is 224 g/mol. The molecule has 0 spiro atoms. The van der Waals surface area contributed by atoms with Crippen LogP contribution in [-0.2, 0) is 4.79 Å². The molecule has 16 heavy (non-hydrogen) atoms. The minimum atomic E-state index is -0.601. The molecule has 3 heteroatoms. The van der Waals surface area contributed by atoms with Gasteiger partial charge in [-0.15, -0.1) is 0 Å². The first-order chi connectivity index (χ1) is 7.44. The molecule has 0 bridgehead atoms. The second kappa shape index (κ2) is 4.02. The average Bonchev–Trinajstić information content (AvgIpc) is 2.15. The van der Waals surface area contributed by atoms with Gasteiger partial charge in [0.15, 0.2) is 0 Å². The summed E-state index contributed by atoms with van der Waals surface area (Å²) in [5, 5.41) is 3.16. The molecule has 2 fully saturated rings. The van der Waals surface area contributed by atoms with E-state index in [4.69, 9.17) is 5.73 Å². The Morgan fingerprint density at radius 2 is 2.00 bits per heavy atom. The SMILES string of the molecule is CC1CCCC(N)(C(=O)NC2(C)CCC2)C1. The van der Waals surface area contributed by atoms with E-state index in [0.29, 0.717) is 5.92 Å². The first kappa shape index (κ1) is 11.9. The topological polar surface area (TPSA) is 55.1 Å². The summed E-state index contributed by atoms with van der Waals surface area (Å²) in [7, 11) is 0. The highest BCUT2D eigenvalue weighted by atomic mass is 16.2. The Hall–Kier alpha value is -0.570. The van der Waals surface area contributed by atoms with Gasteiger partial charge in [-0.2, -0.15) is 0 Å². The summed E-state index contributed by atoms with van der Waals surface area (Å²) in [6.45, 7) is 4.32. The van der Waals surface area contributed by atoms with Crippen LogP contribution in [-0.4, -0.2) is 17.0 Å². The maximum atomic E-state index is 12.2. The number of carbonyl (C=O) groups excluding carboxylic acids is 1. The van der Waals surface area contributed by atoms with Gasteiger partial charge in [-0.25, -0.2) is 0 Å². The van der Waals surface area contributed by atoms with E-state index in [0.717, 1.165) is 32.1 Å². The van der Waals surface area contributed by atoms with Crippen LogP contribution in [0.5, 0.6) is 0 Å². The van der Waals surface area contributed by atoms with Crippen LogP contribution >= 0.6 is 0 Å². The molecule has 1 amide bonds. The number of carbonyl (C=O) groups is 1. The highest BCUT2D eigenvalue weighted by Gasteiger charge is 2.42. The van der Waals surface area contributed by atoms with Crippen LogP contribution in [0, 0.1) is 5.92 Å². The number of nitrogens with one attached hydrogen (secondary N) is 1. The van der Waals surface area contributed by atoms with E-state index in [1.54, 1.807) is 0 Å². The molecule has 0 radical (unpaired) electrons. The average molecular weight is 224 g/mol. The van der Waals surface area contributed by atoms with Gasteiger partial charge < -0.3 is 11.1 Å². The minimum absolute atomic E-state index is 0.0319. The van der Waals surface area contributed by atoms with Crippen LogP contribution in [0.3, 0.4) is 0 Å². The molecular weight excluding hydrogens is 200 g/mol. The summed E-state index contributed by atoms with van der Waals surface area (Å²) in [6.07, 6.45) is 7.42. The Morgan fingerprint density at radius 3 is 2.50 bits per heavy atom. The Morgan fingerprint density at radius 1 is 1.31 bits per heavy atom. The highest BCUT2D eigenvalue weighted by Crippen LogP contribution is 2.34. The number of hydrogen-bond acceptors (Lipinski definition) is 2. The molecule has 2 unspecified atom stereocenters. The fourth-order valence-corrected chi connectivity index (χ4v) is 3.03. The molecule has 2 saturated carbocycles. The van der Waals surface area contributed by atoms with Gasteiger partial charge in [0.25, 0.3) is 0 Å². The zero-order chi connectivity index (χ0) is 11.8. The van der Waals surface area contributed by atoms with Crippen molar-refractivity contribution in [1.29, 1.82) is 0 Å². The van der Waals surface area contributed by atoms with Gasteiger partial charge in [-0.1, -0.05) is 19.8 Å². The molecular formula is C13H24N2O. The van der Waals surface area contributed by atoms with Gasteiger partial charge in [0, 0.05) is 5.54 Å². The van der Waals surface area contributed by atoms with E-state index >= 15 is 0 Å². The second-order valence-electron chi connectivity index (χ2n) is 6.23. The van der Waals surface area contributed by atoms with E-state index in [1.807, 2.05) is 0 Å². The van der Waals surface area contributed by atoms with E-state index in [1.165, 1.54) is 12.8 Å². The molecule has 0 heterocycles. The lowest BCUT2D eigenvalue weighted by atomic mass is 9.74. The van der Waals surface area contributed by atoms with Crippen LogP contribution in [0.4, 0.5) is 0 Å². The highest BCUT2D eigenvalue weighted by molar-refractivity contribution is 5.86. The first-order valence-corrected chi connectivity index (χ1v) is 6.55. The predicted octanol–water partition coefficient (Wildman–Crippen LogP) is 1.95. The summed E-state index contributed by atoms with van der Waals surface area (Å²) < 4.78 is 0. The number of nitrogens with two attached hydrogens (primary N) is 1. The summed E-state index contributed by atoms with van der Waals surface area (Å²) in [4.78, 5) is 12.2. The lowest BCUT2D eigenvalue weighted by Crippen LogP contribution is -2.62. The van der Waals surface area contributed by atoms with Crippen LogP contribution in [0.25, 0.3) is 0 Å². The van der Waals surface area contributed by atoms with Crippen molar-refractivity contribution in [3.8, 4) is 0 Å². The molecule has 0 aromatic rings. The molecule has 2 aliphatic carbocycles. The summed E-state index contributed by atoms with van der Waals surface area (Å²) in [5.41, 5.74) is 5.70. The fourth-order valence-electron chi connectivity index (χ4n) is 3.03. The Labute approximate surface area is 98.2 Å². The molecule has 3 N–H and O–H groups in total. The van der Waals surface area contributed by atoms with Gasteiger partial charge >= 0.3 is 0 Å². The maximum Gasteiger partial charge on any atom is 0.240 e. The third-order valence-electron chi connectivity index (χ3n) is 4.36. The number of hydrogen-bond donors (Lipinski definition) is 2. The predicted molar refractivity (Wildman–Crippen MR) is 64.9 cm³/mol. The molecule has 2 aliphatic rings. The van der Waals surface area contributed by atoms with E-state index in [-0.39, 0.29) is 11.4 Å². The number of amides is 1. The summed E-state index contributed by atoms with van der Waals surface area (Å²) in [5.74, 6) is 0.667. The van der Waals surface area contributed by atoms with Crippen molar-refractivity contribution in [3.05, 3.63) is 0 Å². The van der Waals surface area contributed by atoms with Crippen molar-refractivity contribution in [2.24, 2.45) is 11.7 Å². The van der Waals surface area contributed by atoms with Crippen molar-refractivity contribution >= 4 is 5.91 Å². The van der Waals surface area contributed by atoms with E-state index in [9.17, 15) is 4.79 Å². The van der Waals surface area contributed by atoms with Crippen molar-refractivity contribution in [1.82, 2.24) is 5.32 Å². The van der Waals surface area contributed by atoms with Gasteiger partial charge in [-0.3, -0.25) is 4.79 Å². The molecule has 0 aromatic carbocycles. The Kier molecular flexibility index (Phi) is 2.99. The van der Waals surface area contributed by atoms with Crippen molar-refractivity contribution in [2.45, 2.75) is 69.9 Å². The Balaban J connectivity index is 1.97. The maximum absolute atomic E-state index is 12.2. The van der Waals surface area contributed by atoms with Crippen LogP contribution in [0.15, 0.2) is 0 Å². The summed E-state index contributed by atoms with van der Waals surface area (Å²) in [6, 6.07) is 0. The third-order valence-corrected chi connectivity index (χ3v) is 4.36. The van der Waals surface area contributed by atoms with Crippen LogP contribution in [0.1, 0.15) is 58.8 Å². The molecule has 92 valence electrons. The molecule has 0 aliphatic heterocycles. The zero-order valence-corrected chi connectivity index (χ0v) is 10.5. The van der Waals surface area contributed by atoms with Crippen LogP contribution < -0.4 is 11.1 Å². The van der Waals surface area contributed by atoms with Crippen molar-refractivity contribution in [2.75, 3.05) is 0 Å². The molecule has 0 aromatic heterocycles. The molecule has 0 saturated heterocycles. The normalized spacial score (nSPS) is 37.6. The smallest absolute Gasteiger partial charge is 0.240 e. The minimum Gasteiger partial charge on any atom is -0.349 e. The number of rotatable bonds is 2. The largest absolute Gasteiger partial charge is 0.349 e. The Bertz CT molecular complexity index is 286. The zero-order valence-electron chi connectivity index (χ0n) is 10.5. The van der Waals surface area contributed by atoms with Gasteiger partial charge in [0.05, 0.1) is 5.54 Å². The van der Waals surface area contributed by atoms with Crippen molar-refractivity contribution < 1.29 is 4.79 Å². The molecule has 2 rings (SSSR count). The van der Waals surface area contributed by atoms with Crippen molar-refractivity contribution in [3.63, 3.8) is 0 Å². The lowest BCUT2D eigenvalue weighted by molar-refractivity contribution is -0.130. The lowest BCUT2D eigenvalue weighted by Gasteiger charge is -2.43. The second-order valence-corrected chi connectivity index (χ2v) is 6.23. The third kappa shape index (κ3) is 2.24. The fraction of sp³-hybridized carbons (Fsp3) is 0.923. The van der Waals surface area contributed by atoms with E-state index in [2.05, 4.69) is 19.2 Å².